The van der Waals surface area contributed by atoms with Crippen LogP contribution in [0.1, 0.15) is 15.9 Å². The number of hydrogen-bond acceptors (Lipinski definition) is 5. The summed E-state index contributed by atoms with van der Waals surface area (Å²) in [4.78, 5) is 26.0. The fourth-order valence-electron chi connectivity index (χ4n) is 1.59. The average molecular weight is 272 g/mol. The number of non-ortho nitro benzene ring substituents is 1. The second kappa shape index (κ2) is 5.89. The number of carbonyl (C=O) groups excluding carboxylic acids is 1. The summed E-state index contributed by atoms with van der Waals surface area (Å²) in [5, 5.41) is 13.1. The van der Waals surface area contributed by atoms with Gasteiger partial charge in [0, 0.05) is 30.4 Å². The predicted octanol–water partition coefficient (Wildman–Crippen LogP) is 1.70. The van der Waals surface area contributed by atoms with Gasteiger partial charge in [0.2, 0.25) is 0 Å². The molecule has 7 heteroatoms. The molecular formula is C13H12N4O3. The summed E-state index contributed by atoms with van der Waals surface area (Å²) in [6.07, 6.45) is 1.55. The molecule has 1 aromatic carbocycles. The molecule has 0 unspecified atom stereocenters. The first kappa shape index (κ1) is 13.6. The van der Waals surface area contributed by atoms with Crippen LogP contribution < -0.4 is 11.1 Å². The number of nitrogens with two attached hydrogens (primary N) is 1. The molecule has 0 bridgehead atoms. The van der Waals surface area contributed by atoms with Gasteiger partial charge in [0.25, 0.3) is 11.6 Å². The highest BCUT2D eigenvalue weighted by molar-refractivity contribution is 6.03. The summed E-state index contributed by atoms with van der Waals surface area (Å²) >= 11 is 0. The summed E-state index contributed by atoms with van der Waals surface area (Å²) in [5.41, 5.74) is 6.60. The number of benzene rings is 1. The van der Waals surface area contributed by atoms with Crippen molar-refractivity contribution < 1.29 is 9.72 Å². The molecule has 0 aliphatic carbocycles. The van der Waals surface area contributed by atoms with Crippen molar-refractivity contribution >= 4 is 17.4 Å². The molecule has 0 radical (unpaired) electrons. The van der Waals surface area contributed by atoms with Gasteiger partial charge in [0.05, 0.1) is 4.92 Å². The smallest absolute Gasteiger partial charge is 0.269 e. The van der Waals surface area contributed by atoms with Crippen LogP contribution in [0.3, 0.4) is 0 Å². The zero-order chi connectivity index (χ0) is 14.5. The average Bonchev–Trinajstić information content (AvgIpc) is 2.47. The SMILES string of the molecule is NCc1ccnc(NC(=O)c2ccc([N+](=O)[O-])cc2)c1. The van der Waals surface area contributed by atoms with Crippen LogP contribution >= 0.6 is 0 Å². The molecule has 0 aliphatic rings. The van der Waals surface area contributed by atoms with Gasteiger partial charge in [-0.15, -0.1) is 0 Å². The van der Waals surface area contributed by atoms with Gasteiger partial charge in [0.15, 0.2) is 0 Å². The van der Waals surface area contributed by atoms with Gasteiger partial charge in [-0.1, -0.05) is 0 Å². The molecule has 3 N–H and O–H groups in total. The largest absolute Gasteiger partial charge is 0.326 e. The van der Waals surface area contributed by atoms with Gasteiger partial charge in [0.1, 0.15) is 5.82 Å². The molecular weight excluding hydrogens is 260 g/mol. The number of carbonyl (C=O) groups is 1. The van der Waals surface area contributed by atoms with Crippen molar-refractivity contribution in [1.29, 1.82) is 0 Å². The number of amides is 1. The zero-order valence-corrected chi connectivity index (χ0v) is 10.4. The van der Waals surface area contributed by atoms with Crippen LogP contribution in [0.15, 0.2) is 42.6 Å². The summed E-state index contributed by atoms with van der Waals surface area (Å²) in [7, 11) is 0. The number of nitro groups is 1. The third kappa shape index (κ3) is 3.15. The number of pyridine rings is 1. The number of aromatic nitrogens is 1. The van der Waals surface area contributed by atoms with Gasteiger partial charge in [-0.2, -0.15) is 0 Å². The van der Waals surface area contributed by atoms with Crippen molar-refractivity contribution in [2.75, 3.05) is 5.32 Å². The fourth-order valence-corrected chi connectivity index (χ4v) is 1.59. The van der Waals surface area contributed by atoms with E-state index in [1.165, 1.54) is 24.3 Å². The van der Waals surface area contributed by atoms with Crippen molar-refractivity contribution in [3.63, 3.8) is 0 Å². The maximum Gasteiger partial charge on any atom is 0.269 e. The molecule has 0 saturated heterocycles. The second-order valence-corrected chi connectivity index (χ2v) is 4.01. The van der Waals surface area contributed by atoms with E-state index in [1.54, 1.807) is 18.3 Å². The van der Waals surface area contributed by atoms with Crippen LogP contribution in [0.4, 0.5) is 11.5 Å². The first-order valence-electron chi connectivity index (χ1n) is 5.81. The highest BCUT2D eigenvalue weighted by atomic mass is 16.6. The van der Waals surface area contributed by atoms with E-state index < -0.39 is 4.92 Å². The van der Waals surface area contributed by atoms with Crippen molar-refractivity contribution in [1.82, 2.24) is 4.98 Å². The number of hydrogen-bond donors (Lipinski definition) is 2. The Hall–Kier alpha value is -2.80. The lowest BCUT2D eigenvalue weighted by Crippen LogP contribution is -2.13. The molecule has 102 valence electrons. The van der Waals surface area contributed by atoms with Crippen LogP contribution in [0, 0.1) is 10.1 Å². The molecule has 20 heavy (non-hydrogen) atoms. The molecule has 0 saturated carbocycles. The molecule has 0 aliphatic heterocycles. The standard InChI is InChI=1S/C13H12N4O3/c14-8-9-5-6-15-12(7-9)16-13(18)10-1-3-11(4-2-10)17(19)20/h1-7H,8,14H2,(H,15,16,18). The quantitative estimate of drug-likeness (QED) is 0.650. The van der Waals surface area contributed by atoms with E-state index in [0.29, 0.717) is 17.9 Å². The Morgan fingerprint density at radius 3 is 2.60 bits per heavy atom. The molecule has 2 rings (SSSR count). The van der Waals surface area contributed by atoms with Crippen LogP contribution in [0.25, 0.3) is 0 Å². The van der Waals surface area contributed by atoms with Crippen LogP contribution in [-0.2, 0) is 6.54 Å². The number of nitro benzene ring substituents is 1. The molecule has 0 atom stereocenters. The Balaban J connectivity index is 2.13. The summed E-state index contributed by atoms with van der Waals surface area (Å²) in [5.74, 6) is -0.00197. The van der Waals surface area contributed by atoms with Crippen molar-refractivity contribution in [3.05, 3.63) is 63.8 Å². The summed E-state index contributed by atoms with van der Waals surface area (Å²) < 4.78 is 0. The van der Waals surface area contributed by atoms with E-state index in [-0.39, 0.29) is 11.6 Å². The minimum atomic E-state index is -0.520. The third-order valence-electron chi connectivity index (χ3n) is 2.64. The highest BCUT2D eigenvalue weighted by Crippen LogP contribution is 2.13. The van der Waals surface area contributed by atoms with Gasteiger partial charge in [-0.25, -0.2) is 4.98 Å². The van der Waals surface area contributed by atoms with E-state index in [1.807, 2.05) is 0 Å². The minimum absolute atomic E-state index is 0.0650. The van der Waals surface area contributed by atoms with E-state index in [4.69, 9.17) is 5.73 Å². The summed E-state index contributed by atoms with van der Waals surface area (Å²) in [6, 6.07) is 8.75. The number of nitrogens with one attached hydrogen (secondary N) is 1. The number of nitrogens with zero attached hydrogens (tertiary/aromatic N) is 2. The van der Waals surface area contributed by atoms with Crippen LogP contribution in [-0.4, -0.2) is 15.8 Å². The Labute approximate surface area is 114 Å². The zero-order valence-electron chi connectivity index (χ0n) is 10.4. The lowest BCUT2D eigenvalue weighted by molar-refractivity contribution is -0.384. The Kier molecular flexibility index (Phi) is 4.02. The van der Waals surface area contributed by atoms with Crippen LogP contribution in [0.2, 0.25) is 0 Å². The molecule has 1 aromatic heterocycles. The highest BCUT2D eigenvalue weighted by Gasteiger charge is 2.10. The maximum absolute atomic E-state index is 11.9. The lowest BCUT2D eigenvalue weighted by atomic mass is 10.2. The topological polar surface area (TPSA) is 111 Å². The van der Waals surface area contributed by atoms with E-state index in [2.05, 4.69) is 10.3 Å². The Morgan fingerprint density at radius 1 is 1.30 bits per heavy atom. The Bertz CT molecular complexity index is 640. The predicted molar refractivity (Wildman–Crippen MR) is 73.2 cm³/mol. The minimum Gasteiger partial charge on any atom is -0.326 e. The molecule has 0 spiro atoms. The van der Waals surface area contributed by atoms with Gasteiger partial charge in [-0.3, -0.25) is 14.9 Å². The Morgan fingerprint density at radius 2 is 2.00 bits per heavy atom. The molecule has 0 fully saturated rings. The molecule has 1 amide bonds. The molecule has 1 heterocycles. The summed E-state index contributed by atoms with van der Waals surface area (Å²) in [6.45, 7) is 0.350. The number of anilines is 1. The monoisotopic (exact) mass is 272 g/mol. The van der Waals surface area contributed by atoms with E-state index in [9.17, 15) is 14.9 Å². The molecule has 2 aromatic rings. The normalized spacial score (nSPS) is 10.1. The lowest BCUT2D eigenvalue weighted by Gasteiger charge is -2.05. The van der Waals surface area contributed by atoms with E-state index >= 15 is 0 Å². The second-order valence-electron chi connectivity index (χ2n) is 4.01. The fraction of sp³-hybridized carbons (Fsp3) is 0.0769. The molecule has 7 nitrogen and oxygen atoms in total. The van der Waals surface area contributed by atoms with Gasteiger partial charge >= 0.3 is 0 Å². The van der Waals surface area contributed by atoms with Crippen molar-refractivity contribution in [2.45, 2.75) is 6.54 Å². The van der Waals surface area contributed by atoms with Gasteiger partial charge in [-0.05, 0) is 29.8 Å². The third-order valence-corrected chi connectivity index (χ3v) is 2.64. The van der Waals surface area contributed by atoms with Crippen molar-refractivity contribution in [3.8, 4) is 0 Å². The van der Waals surface area contributed by atoms with Gasteiger partial charge < -0.3 is 11.1 Å². The number of rotatable bonds is 4. The van der Waals surface area contributed by atoms with Crippen molar-refractivity contribution in [2.24, 2.45) is 5.73 Å². The van der Waals surface area contributed by atoms with E-state index in [0.717, 1.165) is 5.56 Å². The first-order valence-corrected chi connectivity index (χ1v) is 5.81. The van der Waals surface area contributed by atoms with Crippen LogP contribution in [0.5, 0.6) is 0 Å². The maximum atomic E-state index is 11.9. The first-order chi connectivity index (χ1) is 9.60.